The fraction of sp³-hybridized carbons (Fsp3) is 0.900. The van der Waals surface area contributed by atoms with Gasteiger partial charge in [-0.3, -0.25) is 4.79 Å². The van der Waals surface area contributed by atoms with E-state index in [2.05, 4.69) is 0 Å². The van der Waals surface area contributed by atoms with Crippen LogP contribution in [0.2, 0.25) is 0 Å². The summed E-state index contributed by atoms with van der Waals surface area (Å²) in [6.45, 7) is 3.41. The summed E-state index contributed by atoms with van der Waals surface area (Å²) < 4.78 is 10.5. The zero-order chi connectivity index (χ0) is 9.68. The molecule has 0 saturated carbocycles. The molecule has 0 aromatic carbocycles. The Morgan fingerprint density at radius 1 is 1.54 bits per heavy atom. The molecule has 1 saturated heterocycles. The minimum Gasteiger partial charge on any atom is -0.381 e. The fourth-order valence-corrected chi connectivity index (χ4v) is 1.81. The molecule has 1 heterocycles. The highest BCUT2D eigenvalue weighted by Gasteiger charge is 2.28. The Bertz CT molecular complexity index is 162. The van der Waals surface area contributed by atoms with Crippen molar-refractivity contribution in [3.05, 3.63) is 0 Å². The average Bonchev–Trinajstić information content (AvgIpc) is 2.20. The van der Waals surface area contributed by atoms with Crippen molar-refractivity contribution in [1.29, 1.82) is 0 Å². The normalized spacial score (nSPS) is 21.4. The summed E-state index contributed by atoms with van der Waals surface area (Å²) in [7, 11) is 1.62. The Morgan fingerprint density at radius 3 is 2.62 bits per heavy atom. The Labute approximate surface area is 79.4 Å². The van der Waals surface area contributed by atoms with Crippen LogP contribution >= 0.6 is 0 Å². The van der Waals surface area contributed by atoms with Crippen LogP contribution in [0.25, 0.3) is 0 Å². The molecular formula is C10H18O3. The largest absolute Gasteiger partial charge is 0.381 e. The van der Waals surface area contributed by atoms with Crippen molar-refractivity contribution < 1.29 is 14.3 Å². The zero-order valence-electron chi connectivity index (χ0n) is 8.41. The molecule has 13 heavy (non-hydrogen) atoms. The smallest absolute Gasteiger partial charge is 0.161 e. The molecule has 0 amide bonds. The van der Waals surface area contributed by atoms with Gasteiger partial charge in [0.1, 0.15) is 6.10 Å². The van der Waals surface area contributed by atoms with Crippen molar-refractivity contribution in [1.82, 2.24) is 0 Å². The maximum atomic E-state index is 11.5. The van der Waals surface area contributed by atoms with Crippen LogP contribution in [0.15, 0.2) is 0 Å². The maximum absolute atomic E-state index is 11.5. The number of ether oxygens (including phenoxy) is 2. The summed E-state index contributed by atoms with van der Waals surface area (Å²) in [5.74, 6) is 0.584. The summed E-state index contributed by atoms with van der Waals surface area (Å²) >= 11 is 0. The lowest BCUT2D eigenvalue weighted by molar-refractivity contribution is -0.133. The van der Waals surface area contributed by atoms with Gasteiger partial charge in [0.15, 0.2) is 5.78 Å². The predicted octanol–water partition coefficient (Wildman–Crippen LogP) is 1.41. The van der Waals surface area contributed by atoms with Crippen LogP contribution in [-0.2, 0) is 14.3 Å². The standard InChI is InChI=1S/C10H18O3/c1-3-9(11)10(12-2)8-4-6-13-7-5-8/h8,10H,3-7H2,1-2H3. The third kappa shape index (κ3) is 2.78. The van der Waals surface area contributed by atoms with Crippen LogP contribution in [-0.4, -0.2) is 32.2 Å². The minimum absolute atomic E-state index is 0.200. The number of hydrogen-bond acceptors (Lipinski definition) is 3. The first-order chi connectivity index (χ1) is 6.29. The Morgan fingerprint density at radius 2 is 2.15 bits per heavy atom. The Balaban J connectivity index is 2.48. The molecule has 0 aromatic heterocycles. The van der Waals surface area contributed by atoms with E-state index in [9.17, 15) is 4.79 Å². The molecule has 0 bridgehead atoms. The van der Waals surface area contributed by atoms with Gasteiger partial charge in [0, 0.05) is 26.7 Å². The van der Waals surface area contributed by atoms with E-state index in [0.717, 1.165) is 26.1 Å². The number of hydrogen-bond donors (Lipinski definition) is 0. The topological polar surface area (TPSA) is 35.5 Å². The first-order valence-corrected chi connectivity index (χ1v) is 4.92. The van der Waals surface area contributed by atoms with Gasteiger partial charge >= 0.3 is 0 Å². The van der Waals surface area contributed by atoms with Crippen molar-refractivity contribution in [2.24, 2.45) is 5.92 Å². The van der Waals surface area contributed by atoms with E-state index >= 15 is 0 Å². The number of methoxy groups -OCH3 is 1. The van der Waals surface area contributed by atoms with E-state index in [1.807, 2.05) is 6.92 Å². The van der Waals surface area contributed by atoms with Crippen molar-refractivity contribution in [2.75, 3.05) is 20.3 Å². The molecule has 3 heteroatoms. The van der Waals surface area contributed by atoms with E-state index in [0.29, 0.717) is 12.3 Å². The van der Waals surface area contributed by atoms with Crippen molar-refractivity contribution in [3.8, 4) is 0 Å². The van der Waals surface area contributed by atoms with Gasteiger partial charge in [-0.1, -0.05) is 6.92 Å². The molecule has 1 unspecified atom stereocenters. The Kier molecular flexibility index (Phi) is 4.39. The number of ketones is 1. The molecule has 0 aliphatic carbocycles. The summed E-state index contributed by atoms with van der Waals surface area (Å²) in [5.41, 5.74) is 0. The highest BCUT2D eigenvalue weighted by Crippen LogP contribution is 2.21. The van der Waals surface area contributed by atoms with Gasteiger partial charge in [-0.2, -0.15) is 0 Å². The molecule has 0 radical (unpaired) electrons. The minimum atomic E-state index is -0.200. The van der Waals surface area contributed by atoms with E-state index in [4.69, 9.17) is 9.47 Å². The first-order valence-electron chi connectivity index (χ1n) is 4.92. The monoisotopic (exact) mass is 186 g/mol. The van der Waals surface area contributed by atoms with Gasteiger partial charge < -0.3 is 9.47 Å². The summed E-state index contributed by atoms with van der Waals surface area (Å²) in [5, 5.41) is 0. The predicted molar refractivity (Wildman–Crippen MR) is 49.6 cm³/mol. The highest BCUT2D eigenvalue weighted by molar-refractivity contribution is 5.83. The van der Waals surface area contributed by atoms with E-state index in [-0.39, 0.29) is 11.9 Å². The molecule has 76 valence electrons. The van der Waals surface area contributed by atoms with E-state index < -0.39 is 0 Å². The lowest BCUT2D eigenvalue weighted by Gasteiger charge is -2.27. The molecule has 0 aromatic rings. The first kappa shape index (κ1) is 10.7. The fourth-order valence-electron chi connectivity index (χ4n) is 1.81. The number of carbonyl (C=O) groups excluding carboxylic acids is 1. The van der Waals surface area contributed by atoms with E-state index in [1.54, 1.807) is 7.11 Å². The molecule has 1 atom stereocenters. The summed E-state index contributed by atoms with van der Waals surface area (Å²) in [6.07, 6.45) is 2.26. The van der Waals surface area contributed by atoms with Crippen molar-refractivity contribution in [3.63, 3.8) is 0 Å². The summed E-state index contributed by atoms with van der Waals surface area (Å²) in [6, 6.07) is 0. The number of rotatable bonds is 4. The van der Waals surface area contributed by atoms with Gasteiger partial charge in [0.2, 0.25) is 0 Å². The van der Waals surface area contributed by atoms with Crippen LogP contribution < -0.4 is 0 Å². The quantitative estimate of drug-likeness (QED) is 0.666. The third-order valence-electron chi connectivity index (χ3n) is 2.61. The second-order valence-corrected chi connectivity index (χ2v) is 3.43. The van der Waals surface area contributed by atoms with Crippen molar-refractivity contribution >= 4 is 5.78 Å². The van der Waals surface area contributed by atoms with Gasteiger partial charge in [-0.05, 0) is 18.8 Å². The van der Waals surface area contributed by atoms with Gasteiger partial charge in [-0.15, -0.1) is 0 Å². The van der Waals surface area contributed by atoms with Crippen molar-refractivity contribution in [2.45, 2.75) is 32.3 Å². The highest BCUT2D eigenvalue weighted by atomic mass is 16.5. The second-order valence-electron chi connectivity index (χ2n) is 3.43. The van der Waals surface area contributed by atoms with Gasteiger partial charge in [0.05, 0.1) is 0 Å². The maximum Gasteiger partial charge on any atom is 0.161 e. The van der Waals surface area contributed by atoms with Crippen LogP contribution in [0.1, 0.15) is 26.2 Å². The Hall–Kier alpha value is -0.410. The van der Waals surface area contributed by atoms with Crippen LogP contribution in [0.4, 0.5) is 0 Å². The SMILES string of the molecule is CCC(=O)C(OC)C1CCOCC1. The second kappa shape index (κ2) is 5.35. The molecule has 1 aliphatic rings. The number of carbonyl (C=O) groups is 1. The lowest BCUT2D eigenvalue weighted by Crippen LogP contribution is -2.35. The van der Waals surface area contributed by atoms with Crippen LogP contribution in [0.3, 0.4) is 0 Å². The van der Waals surface area contributed by atoms with Gasteiger partial charge in [-0.25, -0.2) is 0 Å². The van der Waals surface area contributed by atoms with Crippen LogP contribution in [0.5, 0.6) is 0 Å². The summed E-state index contributed by atoms with van der Waals surface area (Å²) in [4.78, 5) is 11.5. The molecule has 0 spiro atoms. The molecule has 1 rings (SSSR count). The lowest BCUT2D eigenvalue weighted by atomic mass is 9.90. The third-order valence-corrected chi connectivity index (χ3v) is 2.61. The zero-order valence-corrected chi connectivity index (χ0v) is 8.41. The van der Waals surface area contributed by atoms with Crippen LogP contribution in [0, 0.1) is 5.92 Å². The van der Waals surface area contributed by atoms with E-state index in [1.165, 1.54) is 0 Å². The average molecular weight is 186 g/mol. The molecule has 0 N–H and O–H groups in total. The molecule has 3 nitrogen and oxygen atoms in total. The number of Topliss-reactive ketones (excluding diaryl/α,β-unsaturated/α-hetero) is 1. The molecule has 1 fully saturated rings. The molecular weight excluding hydrogens is 168 g/mol. The van der Waals surface area contributed by atoms with Gasteiger partial charge in [0.25, 0.3) is 0 Å². The molecule has 1 aliphatic heterocycles.